The summed E-state index contributed by atoms with van der Waals surface area (Å²) in [4.78, 5) is 116. The van der Waals surface area contributed by atoms with Crippen molar-refractivity contribution < 1.29 is 128 Å². The van der Waals surface area contributed by atoms with Crippen LogP contribution in [0.4, 0.5) is 0 Å². The molecule has 8 saturated carbocycles. The number of aliphatic hydroxyl groups excluding tert-OH is 9. The molecule has 16 rings (SSSR count). The van der Waals surface area contributed by atoms with Gasteiger partial charge in [0.05, 0.1) is 41.5 Å². The van der Waals surface area contributed by atoms with Crippen LogP contribution < -0.4 is 0 Å². The van der Waals surface area contributed by atoms with E-state index in [9.17, 15) is 110 Å². The molecule has 13 N–H and O–H groups in total. The SMILES string of the molecule is C.C/C=C(/C)C(=O)OC(=O)/C(C)=C\C.C/C=C(/C)C(=O)OCC1=C[C@@H]2C(=O)[C@]3(C=C(C)[C@H](O)[C@@]3(O)[C@@H]1O)[C@H](C)C[C@@H]1[C@H]2C1(C)C.C/C=C(/C)C(=O)O[C@@H]1C(CO)=C[C@@H]2C(=O)[C@]3(C=C(C)[C@H](O)[C@@]13O)[C@H](C)C[C@@H]1[C@H]2C1(C)C.C/C=C(/C)C(=O)O[C@H]1C(C)=C[C@]23C(=O)[C@@H](C=C(CO)[C@@H](O)[C@]12O)[C@H]1[C@@H](C[C@H]3C)C1(C)C.CC1=C[C@]23C(=O)[C@@H](C=C(CO)[C@@H](O)[C@]2(O)[C@H]1O)[C@H]1[C@@H](C[C@H]3C)C1(C)C. The van der Waals surface area contributed by atoms with Gasteiger partial charge in [0.25, 0.3) is 0 Å². The van der Waals surface area contributed by atoms with E-state index in [1.165, 1.54) is 0 Å². The fourth-order valence-electron chi connectivity index (χ4n) is 27.5. The van der Waals surface area contributed by atoms with Crippen LogP contribution >= 0.6 is 0 Å². The zero-order valence-corrected chi connectivity index (χ0v) is 81.1. The van der Waals surface area contributed by atoms with Gasteiger partial charge in [-0.05, 0) is 260 Å². The first-order valence-electron chi connectivity index (χ1n) is 46.8. The number of ether oxygens (including phenoxy) is 4. The smallest absolute Gasteiger partial charge is 0.341 e. The fraction of sp³-hybridized carbons (Fsp3) is 0.670. The number of hydrogen-bond acceptors (Lipinski definition) is 26. The molecule has 16 aliphatic rings. The van der Waals surface area contributed by atoms with Gasteiger partial charge in [-0.3, -0.25) is 19.2 Å². The van der Waals surface area contributed by atoms with E-state index in [4.69, 9.17) is 14.2 Å². The third-order valence-corrected chi connectivity index (χ3v) is 36.3. The number of ketones is 4. The molecule has 8 bridgehead atoms. The quantitative estimate of drug-likeness (QED) is 0.0284. The van der Waals surface area contributed by atoms with Gasteiger partial charge in [-0.25, -0.2) is 24.0 Å². The minimum atomic E-state index is -2.10. The lowest BCUT2D eigenvalue weighted by atomic mass is 9.59. The molecular weight excluding hydrogens is 1690 g/mol. The Morgan fingerprint density at radius 2 is 0.583 bits per heavy atom. The number of fused-ring (bicyclic) bond motifs is 12. The van der Waals surface area contributed by atoms with E-state index < -0.39 is 166 Å². The molecule has 0 radical (unpaired) electrons. The predicted octanol–water partition coefficient (Wildman–Crippen LogP) is 10.4. The average molecular weight is 1840 g/mol. The van der Waals surface area contributed by atoms with E-state index >= 15 is 0 Å². The topological polar surface area (TPSA) is 454 Å². The fourth-order valence-corrected chi connectivity index (χ4v) is 27.5. The number of carbonyl (C=O) groups excluding carboxylic acids is 9. The van der Waals surface area contributed by atoms with Gasteiger partial charge in [-0.1, -0.05) is 169 Å². The Labute approximate surface area is 777 Å². The molecule has 0 aliphatic heterocycles. The second-order valence-electron chi connectivity index (χ2n) is 43.8. The molecule has 26 heteroatoms. The summed E-state index contributed by atoms with van der Waals surface area (Å²) in [6.07, 6.45) is 13.5. The molecule has 26 nitrogen and oxygen atoms in total. The molecule has 8 fully saturated rings. The lowest BCUT2D eigenvalue weighted by Gasteiger charge is -2.49. The van der Waals surface area contributed by atoms with Gasteiger partial charge in [0.15, 0.2) is 46.5 Å². The molecule has 728 valence electrons. The summed E-state index contributed by atoms with van der Waals surface area (Å²) in [6.45, 7) is 46.8. The van der Waals surface area contributed by atoms with Crippen molar-refractivity contribution in [3.05, 3.63) is 151 Å². The number of aliphatic hydroxyl groups is 13. The summed E-state index contributed by atoms with van der Waals surface area (Å²) >= 11 is 0. The van der Waals surface area contributed by atoms with Crippen LogP contribution in [0.15, 0.2) is 151 Å². The van der Waals surface area contributed by atoms with Crippen LogP contribution in [0.2, 0.25) is 0 Å². The molecule has 16 aliphatic carbocycles. The molecule has 0 aromatic rings. The number of carbonyl (C=O) groups is 9. The van der Waals surface area contributed by atoms with Gasteiger partial charge < -0.3 is 85.3 Å². The molecule has 132 heavy (non-hydrogen) atoms. The van der Waals surface area contributed by atoms with Crippen molar-refractivity contribution in [3.63, 3.8) is 0 Å². The molecule has 4 spiro atoms. The zero-order valence-electron chi connectivity index (χ0n) is 81.1. The molecular formula is C106H148O26. The monoisotopic (exact) mass is 1840 g/mol. The summed E-state index contributed by atoms with van der Waals surface area (Å²) in [5, 5.41) is 145. The Hall–Kier alpha value is -7.67. The van der Waals surface area contributed by atoms with Crippen LogP contribution in [0.25, 0.3) is 0 Å². The van der Waals surface area contributed by atoms with Crippen molar-refractivity contribution in [2.45, 2.75) is 284 Å². The van der Waals surface area contributed by atoms with Crippen LogP contribution in [-0.4, -0.2) is 217 Å². The number of rotatable bonds is 12. The highest BCUT2D eigenvalue weighted by Crippen LogP contribution is 2.77. The largest absolute Gasteiger partial charge is 0.458 e. The second-order valence-corrected chi connectivity index (χ2v) is 43.8. The summed E-state index contributed by atoms with van der Waals surface area (Å²) in [7, 11) is 0. The van der Waals surface area contributed by atoms with Gasteiger partial charge in [0.1, 0.15) is 54.4 Å². The van der Waals surface area contributed by atoms with E-state index in [1.807, 2.05) is 27.7 Å². The Kier molecular flexibility index (Phi) is 28.4. The summed E-state index contributed by atoms with van der Waals surface area (Å²) in [5.74, 6) is -4.82. The molecule has 0 saturated heterocycles. The maximum Gasteiger partial charge on any atom is 0.341 e. The lowest BCUT2D eigenvalue weighted by molar-refractivity contribution is -0.202. The van der Waals surface area contributed by atoms with Gasteiger partial charge >= 0.3 is 29.8 Å². The van der Waals surface area contributed by atoms with Crippen LogP contribution in [0.5, 0.6) is 0 Å². The molecule has 0 amide bonds. The summed E-state index contributed by atoms with van der Waals surface area (Å²) in [6, 6.07) is 0. The third-order valence-electron chi connectivity index (χ3n) is 36.3. The predicted molar refractivity (Wildman–Crippen MR) is 492 cm³/mol. The van der Waals surface area contributed by atoms with Crippen LogP contribution in [-0.2, 0) is 62.1 Å². The first-order valence-corrected chi connectivity index (χ1v) is 46.8. The van der Waals surface area contributed by atoms with Gasteiger partial charge in [-0.15, -0.1) is 0 Å². The van der Waals surface area contributed by atoms with Crippen molar-refractivity contribution in [1.82, 2.24) is 0 Å². The van der Waals surface area contributed by atoms with E-state index in [0.29, 0.717) is 73.8 Å². The van der Waals surface area contributed by atoms with Crippen molar-refractivity contribution in [2.75, 3.05) is 26.4 Å². The minimum absolute atomic E-state index is 0. The van der Waals surface area contributed by atoms with E-state index in [1.54, 1.807) is 176 Å². The van der Waals surface area contributed by atoms with Crippen LogP contribution in [0, 0.1) is 138 Å². The first kappa shape index (κ1) is 105. The Bertz CT molecular complexity index is 5100. The minimum Gasteiger partial charge on any atom is -0.458 e. The van der Waals surface area contributed by atoms with Gasteiger partial charge in [0, 0.05) is 51.5 Å². The first-order chi connectivity index (χ1) is 60.7. The molecule has 32 atom stereocenters. The van der Waals surface area contributed by atoms with E-state index in [2.05, 4.69) is 60.1 Å². The highest BCUT2D eigenvalue weighted by atomic mass is 16.6. The normalized spacial score (nSPS) is 43.4. The molecule has 0 aromatic heterocycles. The van der Waals surface area contributed by atoms with E-state index in [0.717, 1.165) is 25.7 Å². The van der Waals surface area contributed by atoms with Crippen molar-refractivity contribution >= 4 is 53.0 Å². The van der Waals surface area contributed by atoms with Crippen LogP contribution in [0.3, 0.4) is 0 Å². The molecule has 0 unspecified atom stereocenters. The van der Waals surface area contributed by atoms with E-state index in [-0.39, 0.29) is 128 Å². The van der Waals surface area contributed by atoms with Crippen LogP contribution in [0.1, 0.15) is 213 Å². The number of hydrogen-bond donors (Lipinski definition) is 13. The number of esters is 5. The number of Topliss-reactive ketones (excluding diaryl/α,β-unsaturated/α-hetero) is 4. The second kappa shape index (κ2) is 35.7. The Balaban J connectivity index is 0.000000162. The average Bonchev–Trinajstić information content (AvgIpc) is 1.52. The summed E-state index contributed by atoms with van der Waals surface area (Å²) in [5.41, 5.74) is -8.81. The maximum atomic E-state index is 14.2. The summed E-state index contributed by atoms with van der Waals surface area (Å²) < 4.78 is 21.4. The highest BCUT2D eigenvalue weighted by Gasteiger charge is 2.82. The van der Waals surface area contributed by atoms with Crippen molar-refractivity contribution in [3.8, 4) is 0 Å². The Morgan fingerprint density at radius 1 is 0.348 bits per heavy atom. The standard InChI is InChI=1S/3C25H34O6.C20H28O5.C10H14O3.CH4/c1-7-12(2)22(29)31-21-13(3)10-24-14(4)8-17-18(23(17,5)6)16(20(24)28)9-15(11-26)19(27)25(21,24)30;1-7-12(2)22(29)31-21-15(11-26)9-16-18-17(23(18,5)6)8-14(4)24(20(16)28)10-13(3)19(27)25(21,24)30;1-7-12(2)22(29)31-11-15-9-16-18-17(23(18,5)6)8-14(4)24(21(16)28)10-13(3)19(26)25(24,30)20(15)27;1-9-7-19-10(2)5-13-14(18(13,3)4)12(17(19)24)6-11(8-21)16(23)20(19,25)15(9)22;1-5-7(3)9(11)13-10(12)8(4)6-2;/h2*7,9-10,14,16-19,21,26-27,30H,8,11H2,1-6H3;7,9-10,14,16-20,26-27,30H,8,11H2,1-6H3;6-7,10,12-16,21-23,25H,5,8H2,1-4H3;5-6H,1-4H3;1H4/b3*12-7-;;7-5-,8-6-;/t14-,16+,17-,18+,19-,21+,24+,25+;14-,16+,17-,18+,19+,21-,24+,25-;14-,16+,17-,18+,19+,20-,24+,25-;10-,12+,13-,14+,15+,16-,19+,20-;;/m1111../s1. The lowest BCUT2D eigenvalue weighted by Crippen LogP contribution is -2.66. The van der Waals surface area contributed by atoms with Crippen molar-refractivity contribution in [1.29, 1.82) is 0 Å². The highest BCUT2D eigenvalue weighted by molar-refractivity contribution is 6.02. The zero-order chi connectivity index (χ0) is 98.2. The van der Waals surface area contributed by atoms with Gasteiger partial charge in [-0.2, -0.15) is 0 Å². The molecule has 0 aromatic carbocycles. The van der Waals surface area contributed by atoms with Gasteiger partial charge in [0.2, 0.25) is 0 Å². The van der Waals surface area contributed by atoms with Crippen molar-refractivity contribution in [2.24, 2.45) is 138 Å². The third kappa shape index (κ3) is 14.8. The number of allylic oxidation sites excluding steroid dienone is 9. The maximum absolute atomic E-state index is 14.2. The Morgan fingerprint density at radius 3 is 0.886 bits per heavy atom. The molecule has 0 heterocycles.